The molecule has 8 nitrogen and oxygen atoms in total. The number of ether oxygens (including phenoxy) is 1. The van der Waals surface area contributed by atoms with Crippen LogP contribution in [0.1, 0.15) is 37.2 Å². The normalized spacial score (nSPS) is 12.5. The number of benzene rings is 1. The predicted molar refractivity (Wildman–Crippen MR) is 121 cm³/mol. The topological polar surface area (TPSA) is 97.5 Å². The maximum Gasteiger partial charge on any atom is 0.276 e. The first-order chi connectivity index (χ1) is 15.1. The van der Waals surface area contributed by atoms with Crippen LogP contribution in [0.2, 0.25) is 0 Å². The van der Waals surface area contributed by atoms with Crippen LogP contribution in [0.3, 0.4) is 0 Å². The molecular weight excluding hydrogens is 392 g/mol. The van der Waals surface area contributed by atoms with Crippen molar-refractivity contribution in [2.45, 2.75) is 46.3 Å². The summed E-state index contributed by atoms with van der Waals surface area (Å²) >= 11 is 0. The van der Waals surface area contributed by atoms with Crippen LogP contribution in [0.15, 0.2) is 52.1 Å². The molecule has 0 aliphatic rings. The first kappa shape index (κ1) is 22.3. The summed E-state index contributed by atoms with van der Waals surface area (Å²) in [5.41, 5.74) is 2.93. The van der Waals surface area contributed by atoms with Gasteiger partial charge in [0.05, 0.1) is 6.10 Å². The van der Waals surface area contributed by atoms with Crippen molar-refractivity contribution in [3.63, 3.8) is 0 Å². The molecule has 1 unspecified atom stereocenters. The molecule has 2 aromatic heterocycles. The number of nitrogens with zero attached hydrogens (tertiary/aromatic N) is 4. The highest BCUT2D eigenvalue weighted by Gasteiger charge is 2.11. The van der Waals surface area contributed by atoms with Gasteiger partial charge in [-0.1, -0.05) is 30.3 Å². The molecule has 1 aromatic carbocycles. The molecule has 0 bridgehead atoms. The Hall–Kier alpha value is -3.42. The molecule has 164 valence electrons. The zero-order valence-electron chi connectivity index (χ0n) is 18.6. The molecule has 3 rings (SSSR count). The van der Waals surface area contributed by atoms with Crippen LogP contribution in [0, 0.1) is 6.92 Å². The lowest BCUT2D eigenvalue weighted by atomic mass is 10.1. The standard InChI is InChI=1S/C23H30N6O2/c1-5-17(3)30-20-14-16(2)9-10-18(20)15-27-23(24-4)26-13-11-21-28-22(31-29-21)19-8-6-7-12-25-19/h6-10,12,14,17H,5,11,13,15H2,1-4H3,(H2,24,26,27). The monoisotopic (exact) mass is 422 g/mol. The fraction of sp³-hybridized carbons (Fsp3) is 0.391. The van der Waals surface area contributed by atoms with Gasteiger partial charge in [0, 0.05) is 38.3 Å². The Morgan fingerprint density at radius 1 is 1.23 bits per heavy atom. The summed E-state index contributed by atoms with van der Waals surface area (Å²) in [6.07, 6.45) is 3.43. The molecule has 2 N–H and O–H groups in total. The first-order valence-corrected chi connectivity index (χ1v) is 10.5. The average Bonchev–Trinajstić information content (AvgIpc) is 3.26. The van der Waals surface area contributed by atoms with E-state index in [1.807, 2.05) is 18.2 Å². The third-order valence-corrected chi connectivity index (χ3v) is 4.79. The van der Waals surface area contributed by atoms with Crippen LogP contribution >= 0.6 is 0 Å². The minimum absolute atomic E-state index is 0.170. The Labute approximate surface area is 183 Å². The van der Waals surface area contributed by atoms with E-state index in [0.29, 0.717) is 42.9 Å². The van der Waals surface area contributed by atoms with Crippen LogP contribution in [0.5, 0.6) is 5.75 Å². The van der Waals surface area contributed by atoms with Gasteiger partial charge in [-0.15, -0.1) is 0 Å². The number of aryl methyl sites for hydroxylation is 1. The molecule has 0 spiro atoms. The summed E-state index contributed by atoms with van der Waals surface area (Å²) in [6, 6.07) is 11.8. The Kier molecular flexibility index (Phi) is 7.98. The smallest absolute Gasteiger partial charge is 0.276 e. The SMILES string of the molecule is CCC(C)Oc1cc(C)ccc1CNC(=NC)NCCc1noc(-c2ccccn2)n1. The molecule has 31 heavy (non-hydrogen) atoms. The maximum absolute atomic E-state index is 6.09. The van der Waals surface area contributed by atoms with Gasteiger partial charge in [0.1, 0.15) is 11.4 Å². The molecule has 8 heteroatoms. The number of hydrogen-bond donors (Lipinski definition) is 2. The minimum Gasteiger partial charge on any atom is -0.490 e. The number of rotatable bonds is 9. The quantitative estimate of drug-likeness (QED) is 0.402. The Bertz CT molecular complexity index is 987. The second kappa shape index (κ2) is 11.1. The van der Waals surface area contributed by atoms with Crippen molar-refractivity contribution in [3.05, 3.63) is 59.5 Å². The number of guanidine groups is 1. The van der Waals surface area contributed by atoms with Gasteiger partial charge in [0.2, 0.25) is 0 Å². The second-order valence-electron chi connectivity index (χ2n) is 7.28. The third kappa shape index (κ3) is 6.53. The largest absolute Gasteiger partial charge is 0.490 e. The van der Waals surface area contributed by atoms with Gasteiger partial charge < -0.3 is 19.9 Å². The van der Waals surface area contributed by atoms with Gasteiger partial charge in [-0.05, 0) is 44.0 Å². The van der Waals surface area contributed by atoms with Gasteiger partial charge in [-0.2, -0.15) is 4.98 Å². The average molecular weight is 423 g/mol. The molecule has 2 heterocycles. The van der Waals surface area contributed by atoms with E-state index in [1.165, 1.54) is 5.56 Å². The van der Waals surface area contributed by atoms with Gasteiger partial charge in [0.25, 0.3) is 5.89 Å². The lowest BCUT2D eigenvalue weighted by Crippen LogP contribution is -2.38. The van der Waals surface area contributed by atoms with Crippen LogP contribution < -0.4 is 15.4 Å². The summed E-state index contributed by atoms with van der Waals surface area (Å²) in [5.74, 6) is 2.65. The molecule has 3 aromatic rings. The van der Waals surface area contributed by atoms with Crippen LogP contribution in [0.4, 0.5) is 0 Å². The van der Waals surface area contributed by atoms with Crippen molar-refractivity contribution in [2.75, 3.05) is 13.6 Å². The molecule has 0 aliphatic carbocycles. The van der Waals surface area contributed by atoms with Crippen molar-refractivity contribution in [2.24, 2.45) is 4.99 Å². The number of pyridine rings is 1. The highest BCUT2D eigenvalue weighted by Crippen LogP contribution is 2.22. The number of hydrogen-bond acceptors (Lipinski definition) is 6. The Morgan fingerprint density at radius 2 is 2.10 bits per heavy atom. The van der Waals surface area contributed by atoms with Crippen LogP contribution in [-0.4, -0.2) is 40.8 Å². The fourth-order valence-electron chi connectivity index (χ4n) is 2.86. The van der Waals surface area contributed by atoms with Crippen molar-refractivity contribution < 1.29 is 9.26 Å². The third-order valence-electron chi connectivity index (χ3n) is 4.79. The lowest BCUT2D eigenvalue weighted by Gasteiger charge is -2.18. The second-order valence-corrected chi connectivity index (χ2v) is 7.28. The Balaban J connectivity index is 1.51. The summed E-state index contributed by atoms with van der Waals surface area (Å²) in [4.78, 5) is 12.9. The van der Waals surface area contributed by atoms with Crippen molar-refractivity contribution in [1.82, 2.24) is 25.8 Å². The summed E-state index contributed by atoms with van der Waals surface area (Å²) in [5, 5.41) is 10.6. The molecule has 0 fully saturated rings. The van der Waals surface area contributed by atoms with Crippen molar-refractivity contribution in [1.29, 1.82) is 0 Å². The van der Waals surface area contributed by atoms with E-state index in [-0.39, 0.29) is 6.10 Å². The predicted octanol–water partition coefficient (Wildman–Crippen LogP) is 3.53. The number of nitrogens with one attached hydrogen (secondary N) is 2. The minimum atomic E-state index is 0.170. The zero-order chi connectivity index (χ0) is 22.1. The number of aromatic nitrogens is 3. The van der Waals surface area contributed by atoms with Gasteiger partial charge in [0.15, 0.2) is 11.8 Å². The van der Waals surface area contributed by atoms with Gasteiger partial charge in [-0.25, -0.2) is 0 Å². The zero-order valence-corrected chi connectivity index (χ0v) is 18.6. The van der Waals surface area contributed by atoms with Crippen LogP contribution in [-0.2, 0) is 13.0 Å². The molecule has 0 aliphatic heterocycles. The van der Waals surface area contributed by atoms with E-state index < -0.39 is 0 Å². The number of aliphatic imine (C=N–C) groups is 1. The van der Waals surface area contributed by atoms with E-state index in [0.717, 1.165) is 17.7 Å². The lowest BCUT2D eigenvalue weighted by molar-refractivity contribution is 0.215. The fourth-order valence-corrected chi connectivity index (χ4v) is 2.86. The van der Waals surface area contributed by atoms with E-state index in [9.17, 15) is 0 Å². The maximum atomic E-state index is 6.09. The highest BCUT2D eigenvalue weighted by atomic mass is 16.5. The van der Waals surface area contributed by atoms with Crippen LogP contribution in [0.25, 0.3) is 11.6 Å². The Morgan fingerprint density at radius 3 is 2.84 bits per heavy atom. The summed E-state index contributed by atoms with van der Waals surface area (Å²) in [7, 11) is 1.74. The first-order valence-electron chi connectivity index (χ1n) is 10.5. The van der Waals surface area contributed by atoms with E-state index in [2.05, 4.69) is 69.7 Å². The molecule has 0 saturated heterocycles. The van der Waals surface area contributed by atoms with Crippen molar-refractivity contribution >= 4 is 5.96 Å². The molecule has 0 saturated carbocycles. The van der Waals surface area contributed by atoms with Gasteiger partial charge >= 0.3 is 0 Å². The molecule has 0 amide bonds. The molecule has 0 radical (unpaired) electrons. The van der Waals surface area contributed by atoms with E-state index >= 15 is 0 Å². The van der Waals surface area contributed by atoms with E-state index in [4.69, 9.17) is 9.26 Å². The highest BCUT2D eigenvalue weighted by molar-refractivity contribution is 5.79. The summed E-state index contributed by atoms with van der Waals surface area (Å²) < 4.78 is 11.4. The summed E-state index contributed by atoms with van der Waals surface area (Å²) in [6.45, 7) is 7.49. The van der Waals surface area contributed by atoms with Gasteiger partial charge in [-0.3, -0.25) is 9.98 Å². The van der Waals surface area contributed by atoms with E-state index in [1.54, 1.807) is 13.2 Å². The molecular formula is C23H30N6O2. The molecule has 1 atom stereocenters. The van der Waals surface area contributed by atoms with Crippen molar-refractivity contribution in [3.8, 4) is 17.3 Å².